The predicted octanol–water partition coefficient (Wildman–Crippen LogP) is 12.3. The molecule has 0 bridgehead atoms. The number of hydrogen-bond donors (Lipinski definition) is 0. The fourth-order valence-electron chi connectivity index (χ4n) is 4.08. The van der Waals surface area contributed by atoms with Crippen molar-refractivity contribution in [2.45, 2.75) is 13.8 Å². The van der Waals surface area contributed by atoms with Crippen LogP contribution in [0.2, 0.25) is 0 Å². The Morgan fingerprint density at radius 1 is 0.388 bits per heavy atom. The molecule has 9 heteroatoms. The van der Waals surface area contributed by atoms with Crippen LogP contribution in [-0.2, 0) is 17.1 Å². The summed E-state index contributed by atoms with van der Waals surface area (Å²) >= 11 is 0. The minimum atomic E-state index is 0. The molecule has 0 aromatic heterocycles. The summed E-state index contributed by atoms with van der Waals surface area (Å²) in [4.78, 5) is 0. The molecule has 8 nitrogen and oxygen atoms in total. The van der Waals surface area contributed by atoms with Crippen LogP contribution in [0.3, 0.4) is 0 Å². The van der Waals surface area contributed by atoms with Crippen molar-refractivity contribution in [2.75, 3.05) is 0 Å². The van der Waals surface area contributed by atoms with Crippen LogP contribution in [0.1, 0.15) is 22.3 Å². The van der Waals surface area contributed by atoms with Crippen LogP contribution in [0.4, 0.5) is 22.7 Å². The fourth-order valence-corrected chi connectivity index (χ4v) is 4.08. The Kier molecular flexibility index (Phi) is 14.3. The Morgan fingerprint density at radius 3 is 1.02 bits per heavy atom. The molecule has 242 valence electrons. The Balaban J connectivity index is 0.000000216. The third-order valence-corrected chi connectivity index (χ3v) is 6.69. The van der Waals surface area contributed by atoms with Crippen molar-refractivity contribution in [3.05, 3.63) is 203 Å². The maximum Gasteiger partial charge on any atom is 2.00 e. The molecule has 0 aliphatic heterocycles. The zero-order chi connectivity index (χ0) is 33.2. The van der Waals surface area contributed by atoms with Gasteiger partial charge in [0.25, 0.3) is 0 Å². The van der Waals surface area contributed by atoms with Crippen LogP contribution in [0, 0.1) is 13.8 Å². The summed E-state index contributed by atoms with van der Waals surface area (Å²) in [6, 6.07) is 54.3. The second kappa shape index (κ2) is 19.6. The van der Waals surface area contributed by atoms with Crippen molar-refractivity contribution in [3.8, 4) is 0 Å². The van der Waals surface area contributed by atoms with Crippen molar-refractivity contribution in [3.63, 3.8) is 0 Å². The number of azo groups is 2. The van der Waals surface area contributed by atoms with Crippen LogP contribution >= 0.6 is 0 Å². The largest absolute Gasteiger partial charge is 2.00 e. The van der Waals surface area contributed by atoms with Crippen molar-refractivity contribution < 1.29 is 17.1 Å². The zero-order valence-corrected chi connectivity index (χ0v) is 28.2. The molecule has 0 N–H and O–H groups in total. The van der Waals surface area contributed by atoms with E-state index in [4.69, 9.17) is 0 Å². The van der Waals surface area contributed by atoms with Gasteiger partial charge in [0.2, 0.25) is 0 Å². The minimum absolute atomic E-state index is 0. The van der Waals surface area contributed by atoms with E-state index in [0.717, 1.165) is 33.9 Å². The van der Waals surface area contributed by atoms with Crippen molar-refractivity contribution in [1.82, 2.24) is 0 Å². The SMILES string of the molecule is Cc1ccc(/C(N=Nc2ccccc2)=N/[N-]c2ccccc2)cc1.Cc1ccc(/C(N=Nc2ccccc2)=N/[N-]c2ccccc2)cc1.[Fe+2]. The van der Waals surface area contributed by atoms with E-state index in [-0.39, 0.29) is 17.1 Å². The summed E-state index contributed by atoms with van der Waals surface area (Å²) in [6.07, 6.45) is 0. The van der Waals surface area contributed by atoms with Gasteiger partial charge >= 0.3 is 17.1 Å². The number of aryl methyl sites for hydroxylation is 2. The molecule has 49 heavy (non-hydrogen) atoms. The average Bonchev–Trinajstić information content (AvgIpc) is 3.15. The molecule has 0 saturated heterocycles. The zero-order valence-electron chi connectivity index (χ0n) is 27.1. The van der Waals surface area contributed by atoms with Gasteiger partial charge in [-0.2, -0.15) is 0 Å². The first-order valence-electron chi connectivity index (χ1n) is 15.4. The van der Waals surface area contributed by atoms with Gasteiger partial charge in [-0.1, -0.05) is 157 Å². The van der Waals surface area contributed by atoms with E-state index in [1.54, 1.807) is 0 Å². The number of rotatable bonds is 8. The molecule has 0 aliphatic rings. The molecular formula is C40H34FeN8. The molecule has 6 rings (SSSR count). The number of amidine groups is 2. The standard InChI is InChI=1S/2C20H17N4.Fe/c2*1-16-12-14-17(15-13-16)20(23-21-18-8-4-2-5-9-18)24-22-19-10-6-3-7-11-19;/h2*2-15H,1H3;/q2*-1;+2/b2*23-20-,24-22?;. The Morgan fingerprint density at radius 2 is 0.694 bits per heavy atom. The predicted molar refractivity (Wildman–Crippen MR) is 196 cm³/mol. The Labute approximate surface area is 298 Å². The molecule has 0 heterocycles. The molecule has 0 radical (unpaired) electrons. The minimum Gasteiger partial charge on any atom is -0.574 e. The van der Waals surface area contributed by atoms with Crippen LogP contribution in [-0.4, -0.2) is 11.7 Å². The van der Waals surface area contributed by atoms with Crippen molar-refractivity contribution >= 4 is 34.4 Å². The van der Waals surface area contributed by atoms with E-state index in [1.165, 1.54) is 11.1 Å². The fraction of sp³-hybridized carbons (Fsp3) is 0.0500. The first-order chi connectivity index (χ1) is 23.6. The summed E-state index contributed by atoms with van der Waals surface area (Å²) in [5, 5.41) is 25.7. The molecular weight excluding hydrogens is 648 g/mol. The summed E-state index contributed by atoms with van der Waals surface area (Å²) in [6.45, 7) is 4.08. The first-order valence-corrected chi connectivity index (χ1v) is 15.4. The van der Waals surface area contributed by atoms with E-state index in [9.17, 15) is 0 Å². The molecule has 0 unspecified atom stereocenters. The van der Waals surface area contributed by atoms with Crippen LogP contribution in [0.15, 0.2) is 201 Å². The number of benzene rings is 6. The molecule has 0 amide bonds. The molecule has 6 aromatic carbocycles. The smallest absolute Gasteiger partial charge is 0.574 e. The van der Waals surface area contributed by atoms with Gasteiger partial charge in [-0.05, 0) is 38.1 Å². The molecule has 6 aromatic rings. The van der Waals surface area contributed by atoms with Gasteiger partial charge in [-0.15, -0.1) is 31.8 Å². The van der Waals surface area contributed by atoms with Crippen LogP contribution in [0.5, 0.6) is 0 Å². The summed E-state index contributed by atoms with van der Waals surface area (Å²) in [5.74, 6) is 0.949. The third kappa shape index (κ3) is 12.3. The van der Waals surface area contributed by atoms with Gasteiger partial charge in [-0.25, -0.2) is 0 Å². The molecule has 0 atom stereocenters. The average molecular weight is 683 g/mol. The summed E-state index contributed by atoms with van der Waals surface area (Å²) in [7, 11) is 0. The molecule has 0 fully saturated rings. The van der Waals surface area contributed by atoms with Gasteiger partial charge in [0, 0.05) is 11.1 Å². The topological polar surface area (TPSA) is 102 Å². The van der Waals surface area contributed by atoms with Crippen molar-refractivity contribution in [1.29, 1.82) is 0 Å². The molecule has 0 spiro atoms. The van der Waals surface area contributed by atoms with Gasteiger partial charge in [0.05, 0.1) is 11.4 Å². The second-order valence-corrected chi connectivity index (χ2v) is 10.5. The second-order valence-electron chi connectivity index (χ2n) is 10.5. The Hall–Kier alpha value is -6.02. The van der Waals surface area contributed by atoms with Crippen LogP contribution in [0.25, 0.3) is 10.9 Å². The molecule has 0 aliphatic carbocycles. The van der Waals surface area contributed by atoms with Crippen LogP contribution < -0.4 is 0 Å². The van der Waals surface area contributed by atoms with E-state index in [2.05, 4.69) is 41.5 Å². The van der Waals surface area contributed by atoms with E-state index in [1.807, 2.05) is 184 Å². The van der Waals surface area contributed by atoms with E-state index < -0.39 is 0 Å². The summed E-state index contributed by atoms with van der Waals surface area (Å²) < 4.78 is 0. The van der Waals surface area contributed by atoms with Gasteiger partial charge in [0.1, 0.15) is 0 Å². The third-order valence-electron chi connectivity index (χ3n) is 6.69. The number of hydrogen-bond acceptors (Lipinski definition) is 4. The first kappa shape index (κ1) is 35.8. The summed E-state index contributed by atoms with van der Waals surface area (Å²) in [5.41, 5.74) is 15.7. The maximum absolute atomic E-state index is 4.29. The van der Waals surface area contributed by atoms with Crippen molar-refractivity contribution in [2.24, 2.45) is 30.7 Å². The quantitative estimate of drug-likeness (QED) is 0.0501. The Bertz CT molecular complexity index is 1800. The van der Waals surface area contributed by atoms with E-state index in [0.29, 0.717) is 11.7 Å². The van der Waals surface area contributed by atoms with Gasteiger partial charge in [0.15, 0.2) is 11.7 Å². The normalized spacial score (nSPS) is 11.4. The number of nitrogens with zero attached hydrogens (tertiary/aromatic N) is 8. The molecule has 0 saturated carbocycles. The van der Waals surface area contributed by atoms with Gasteiger partial charge < -0.3 is 21.1 Å². The van der Waals surface area contributed by atoms with E-state index >= 15 is 0 Å². The monoisotopic (exact) mass is 682 g/mol. The maximum atomic E-state index is 4.29. The van der Waals surface area contributed by atoms with Gasteiger partial charge in [-0.3, -0.25) is 0 Å².